The normalized spacial score (nSPS) is 12.5. The van der Waals surface area contributed by atoms with E-state index in [0.29, 0.717) is 19.4 Å². The summed E-state index contributed by atoms with van der Waals surface area (Å²) in [6.07, 6.45) is 2.75. The van der Waals surface area contributed by atoms with Gasteiger partial charge in [0.1, 0.15) is 5.76 Å². The molecule has 0 bridgehead atoms. The molecule has 0 fully saturated rings. The lowest BCUT2D eigenvalue weighted by Crippen LogP contribution is -2.37. The second-order valence-electron chi connectivity index (χ2n) is 5.14. The van der Waals surface area contributed by atoms with E-state index in [1.165, 1.54) is 4.88 Å². The minimum absolute atomic E-state index is 0.0742. The van der Waals surface area contributed by atoms with Gasteiger partial charge in [-0.15, -0.1) is 11.3 Å². The lowest BCUT2D eigenvalue weighted by atomic mass is 10.2. The number of thiophene rings is 1. The van der Waals surface area contributed by atoms with Gasteiger partial charge in [-0.05, 0) is 36.7 Å². The maximum Gasteiger partial charge on any atom is 0.220 e. The summed E-state index contributed by atoms with van der Waals surface area (Å²) in [6.45, 7) is 6.91. The van der Waals surface area contributed by atoms with E-state index in [1.807, 2.05) is 12.1 Å². The third-order valence-electron chi connectivity index (χ3n) is 3.80. The number of amides is 1. The van der Waals surface area contributed by atoms with E-state index in [1.54, 1.807) is 17.6 Å². The van der Waals surface area contributed by atoms with Gasteiger partial charge >= 0.3 is 0 Å². The van der Waals surface area contributed by atoms with Gasteiger partial charge in [0.2, 0.25) is 5.91 Å². The molecule has 0 saturated heterocycles. The highest BCUT2D eigenvalue weighted by molar-refractivity contribution is 7.10. The Morgan fingerprint density at radius 2 is 2.14 bits per heavy atom. The molecule has 0 spiro atoms. The fourth-order valence-electron chi connectivity index (χ4n) is 2.55. The van der Waals surface area contributed by atoms with Crippen LogP contribution in [0.4, 0.5) is 0 Å². The Morgan fingerprint density at radius 3 is 2.73 bits per heavy atom. The summed E-state index contributed by atoms with van der Waals surface area (Å²) in [4.78, 5) is 15.7. The number of carbonyl (C=O) groups is 1. The van der Waals surface area contributed by atoms with Crippen molar-refractivity contribution in [2.45, 2.75) is 32.7 Å². The van der Waals surface area contributed by atoms with E-state index in [-0.39, 0.29) is 11.9 Å². The molecule has 5 heteroatoms. The van der Waals surface area contributed by atoms with Crippen LogP contribution < -0.4 is 5.32 Å². The van der Waals surface area contributed by atoms with Crippen molar-refractivity contribution in [3.05, 3.63) is 46.5 Å². The van der Waals surface area contributed by atoms with Crippen LogP contribution in [0.1, 0.15) is 36.9 Å². The van der Waals surface area contributed by atoms with Gasteiger partial charge in [-0.3, -0.25) is 9.69 Å². The Balaban J connectivity index is 1.86. The molecule has 2 aromatic heterocycles. The number of likely N-dealkylation sites (N-methyl/N-ethyl adjacent to an activating group) is 1. The Bertz CT molecular complexity index is 533. The zero-order chi connectivity index (χ0) is 15.8. The first-order valence-electron chi connectivity index (χ1n) is 7.81. The van der Waals surface area contributed by atoms with Crippen molar-refractivity contribution in [2.24, 2.45) is 0 Å². The molecule has 0 aliphatic rings. The van der Waals surface area contributed by atoms with Gasteiger partial charge < -0.3 is 9.73 Å². The van der Waals surface area contributed by atoms with Gasteiger partial charge in [0.05, 0.1) is 12.3 Å². The highest BCUT2D eigenvalue weighted by atomic mass is 32.1. The summed E-state index contributed by atoms with van der Waals surface area (Å²) >= 11 is 1.75. The lowest BCUT2D eigenvalue weighted by Gasteiger charge is -2.29. The molecule has 2 aromatic rings. The van der Waals surface area contributed by atoms with E-state index < -0.39 is 0 Å². The van der Waals surface area contributed by atoms with Crippen LogP contribution in [0.3, 0.4) is 0 Å². The van der Waals surface area contributed by atoms with Gasteiger partial charge in [-0.25, -0.2) is 0 Å². The van der Waals surface area contributed by atoms with Crippen LogP contribution in [-0.2, 0) is 11.2 Å². The largest absolute Gasteiger partial charge is 0.469 e. The minimum Gasteiger partial charge on any atom is -0.469 e. The van der Waals surface area contributed by atoms with E-state index in [9.17, 15) is 4.79 Å². The topological polar surface area (TPSA) is 45.5 Å². The molecule has 120 valence electrons. The number of nitrogens with one attached hydrogen (secondary N) is 1. The van der Waals surface area contributed by atoms with E-state index in [4.69, 9.17) is 4.42 Å². The highest BCUT2D eigenvalue weighted by Crippen LogP contribution is 2.24. The highest BCUT2D eigenvalue weighted by Gasteiger charge is 2.19. The van der Waals surface area contributed by atoms with Gasteiger partial charge in [0, 0.05) is 24.3 Å². The molecule has 2 heterocycles. The van der Waals surface area contributed by atoms with Crippen LogP contribution in [0, 0.1) is 0 Å². The van der Waals surface area contributed by atoms with Crippen LogP contribution in [0.5, 0.6) is 0 Å². The van der Waals surface area contributed by atoms with Crippen molar-refractivity contribution < 1.29 is 9.21 Å². The zero-order valence-electron chi connectivity index (χ0n) is 13.2. The van der Waals surface area contributed by atoms with E-state index >= 15 is 0 Å². The number of hydrogen-bond donors (Lipinski definition) is 1. The average molecular weight is 320 g/mol. The summed E-state index contributed by atoms with van der Waals surface area (Å²) in [5, 5.41) is 5.15. The van der Waals surface area contributed by atoms with Gasteiger partial charge in [0.15, 0.2) is 0 Å². The number of furan rings is 1. The lowest BCUT2D eigenvalue weighted by molar-refractivity contribution is -0.121. The van der Waals surface area contributed by atoms with E-state index in [0.717, 1.165) is 18.8 Å². The van der Waals surface area contributed by atoms with Gasteiger partial charge in [-0.1, -0.05) is 19.9 Å². The van der Waals surface area contributed by atoms with Gasteiger partial charge in [0.25, 0.3) is 0 Å². The zero-order valence-corrected chi connectivity index (χ0v) is 14.1. The van der Waals surface area contributed by atoms with Gasteiger partial charge in [-0.2, -0.15) is 0 Å². The van der Waals surface area contributed by atoms with E-state index in [2.05, 4.69) is 41.6 Å². The van der Waals surface area contributed by atoms with Crippen molar-refractivity contribution in [3.63, 3.8) is 0 Å². The second-order valence-corrected chi connectivity index (χ2v) is 6.12. The first-order valence-corrected chi connectivity index (χ1v) is 8.69. The predicted molar refractivity (Wildman–Crippen MR) is 90.0 cm³/mol. The molecule has 1 amide bonds. The maximum absolute atomic E-state index is 12.0. The number of hydrogen-bond acceptors (Lipinski definition) is 4. The first kappa shape index (κ1) is 16.8. The fourth-order valence-corrected chi connectivity index (χ4v) is 3.41. The van der Waals surface area contributed by atoms with Crippen LogP contribution in [0.2, 0.25) is 0 Å². The molecule has 1 atom stereocenters. The molecule has 0 aromatic carbocycles. The molecule has 1 unspecified atom stereocenters. The smallest absolute Gasteiger partial charge is 0.220 e. The van der Waals surface area contributed by atoms with Crippen LogP contribution in [0.25, 0.3) is 0 Å². The molecule has 0 aliphatic heterocycles. The Kier molecular flexibility index (Phi) is 6.68. The summed E-state index contributed by atoms with van der Waals surface area (Å²) in [6, 6.07) is 8.21. The Morgan fingerprint density at radius 1 is 1.32 bits per heavy atom. The molecule has 0 aliphatic carbocycles. The van der Waals surface area contributed by atoms with Crippen molar-refractivity contribution in [2.75, 3.05) is 19.6 Å². The molecule has 0 saturated carbocycles. The third kappa shape index (κ3) is 4.71. The molecule has 0 radical (unpaired) electrons. The van der Waals surface area contributed by atoms with Crippen LogP contribution >= 0.6 is 11.3 Å². The molecule has 22 heavy (non-hydrogen) atoms. The first-order chi connectivity index (χ1) is 10.7. The minimum atomic E-state index is 0.0742. The maximum atomic E-state index is 12.0. The quantitative estimate of drug-likeness (QED) is 0.769. The van der Waals surface area contributed by atoms with Crippen molar-refractivity contribution in [1.29, 1.82) is 0 Å². The van der Waals surface area contributed by atoms with Crippen LogP contribution in [-0.4, -0.2) is 30.4 Å². The standard InChI is InChI=1S/C17H24N2O2S/c1-3-19(4-2)15(16-8-6-12-22-16)13-18-17(20)10-9-14-7-5-11-21-14/h5-8,11-12,15H,3-4,9-10,13H2,1-2H3,(H,18,20). The SMILES string of the molecule is CCN(CC)C(CNC(=O)CCc1ccco1)c1cccs1. The molecular formula is C17H24N2O2S. The van der Waals surface area contributed by atoms with Crippen LogP contribution in [0.15, 0.2) is 40.3 Å². The molecular weight excluding hydrogens is 296 g/mol. The summed E-state index contributed by atoms with van der Waals surface area (Å²) in [5.74, 6) is 0.929. The summed E-state index contributed by atoms with van der Waals surface area (Å²) < 4.78 is 5.25. The van der Waals surface area contributed by atoms with Crippen molar-refractivity contribution >= 4 is 17.2 Å². The van der Waals surface area contributed by atoms with Crippen molar-refractivity contribution in [3.8, 4) is 0 Å². The average Bonchev–Trinajstić information content (AvgIpc) is 3.22. The van der Waals surface area contributed by atoms with Crippen molar-refractivity contribution in [1.82, 2.24) is 10.2 Å². The Labute approximate surface area is 136 Å². The predicted octanol–water partition coefficient (Wildman–Crippen LogP) is 3.47. The fraction of sp³-hybridized carbons (Fsp3) is 0.471. The molecule has 4 nitrogen and oxygen atoms in total. The number of rotatable bonds is 9. The third-order valence-corrected chi connectivity index (χ3v) is 4.77. The summed E-state index contributed by atoms with van der Waals surface area (Å²) in [5.41, 5.74) is 0. The molecule has 2 rings (SSSR count). The Hall–Kier alpha value is -1.59. The number of nitrogens with zero attached hydrogens (tertiary/aromatic N) is 1. The number of aryl methyl sites for hydroxylation is 1. The monoisotopic (exact) mass is 320 g/mol. The summed E-state index contributed by atoms with van der Waals surface area (Å²) in [7, 11) is 0. The number of carbonyl (C=O) groups excluding carboxylic acids is 1. The molecule has 1 N–H and O–H groups in total. The second kappa shape index (κ2) is 8.76.